The Labute approximate surface area is 124 Å². The first-order valence-electron chi connectivity index (χ1n) is 6.04. The molecule has 0 aliphatic heterocycles. The van der Waals surface area contributed by atoms with Gasteiger partial charge >= 0.3 is 0 Å². The van der Waals surface area contributed by atoms with Crippen LogP contribution in [0.15, 0.2) is 24.7 Å². The van der Waals surface area contributed by atoms with Crippen LogP contribution >= 0.6 is 11.6 Å². The third kappa shape index (κ3) is 3.76. The number of nitro groups is 1. The van der Waals surface area contributed by atoms with Gasteiger partial charge in [-0.2, -0.15) is 5.10 Å². The van der Waals surface area contributed by atoms with E-state index in [-0.39, 0.29) is 22.9 Å². The number of aryl methyl sites for hydroxylation is 1. The van der Waals surface area contributed by atoms with Crippen LogP contribution in [0.3, 0.4) is 0 Å². The predicted molar refractivity (Wildman–Crippen MR) is 75.2 cm³/mol. The highest BCUT2D eigenvalue weighted by atomic mass is 35.5. The summed E-state index contributed by atoms with van der Waals surface area (Å²) < 4.78 is 1.67. The number of pyridine rings is 1. The molecule has 0 aliphatic carbocycles. The van der Waals surface area contributed by atoms with E-state index in [1.54, 1.807) is 10.9 Å². The molecule has 0 aromatic carbocycles. The van der Waals surface area contributed by atoms with Crippen molar-refractivity contribution in [1.82, 2.24) is 20.1 Å². The molecule has 2 heterocycles. The minimum absolute atomic E-state index is 0.0217. The first-order valence-corrected chi connectivity index (χ1v) is 6.42. The Kier molecular flexibility index (Phi) is 4.49. The van der Waals surface area contributed by atoms with Gasteiger partial charge in [0.1, 0.15) is 16.9 Å². The van der Waals surface area contributed by atoms with E-state index in [2.05, 4.69) is 15.4 Å². The van der Waals surface area contributed by atoms with Crippen LogP contribution < -0.4 is 5.32 Å². The largest absolute Gasteiger partial charge is 0.350 e. The van der Waals surface area contributed by atoms with Crippen molar-refractivity contribution in [3.8, 4) is 0 Å². The second-order valence-corrected chi connectivity index (χ2v) is 4.71. The number of nitrogens with zero attached hydrogens (tertiary/aromatic N) is 4. The number of hydrogen-bond acceptors (Lipinski definition) is 5. The van der Waals surface area contributed by atoms with Gasteiger partial charge in [-0.1, -0.05) is 11.6 Å². The molecule has 0 aliphatic rings. The van der Waals surface area contributed by atoms with Gasteiger partial charge in [0, 0.05) is 12.7 Å². The number of hydrogen-bond donors (Lipinski definition) is 1. The highest BCUT2D eigenvalue weighted by Crippen LogP contribution is 2.20. The number of carbonyl (C=O) groups is 1. The van der Waals surface area contributed by atoms with Gasteiger partial charge in [-0.25, -0.2) is 4.98 Å². The lowest BCUT2D eigenvalue weighted by Crippen LogP contribution is -2.28. The number of halogens is 1. The Morgan fingerprint density at radius 2 is 2.29 bits per heavy atom. The lowest BCUT2D eigenvalue weighted by Gasteiger charge is -2.06. The Balaban J connectivity index is 2.03. The van der Waals surface area contributed by atoms with Gasteiger partial charge in [0.25, 0.3) is 11.6 Å². The average molecular weight is 310 g/mol. The fourth-order valence-corrected chi connectivity index (χ4v) is 1.88. The van der Waals surface area contributed by atoms with Gasteiger partial charge in [0.2, 0.25) is 0 Å². The zero-order valence-electron chi connectivity index (χ0n) is 11.1. The molecule has 0 atom stereocenters. The molecule has 0 radical (unpaired) electrons. The topological polar surface area (TPSA) is 103 Å². The number of aromatic nitrogens is 3. The first-order chi connectivity index (χ1) is 9.97. The quantitative estimate of drug-likeness (QED) is 0.513. The van der Waals surface area contributed by atoms with Crippen LogP contribution in [0.25, 0.3) is 0 Å². The van der Waals surface area contributed by atoms with Crippen LogP contribution in [0.4, 0.5) is 5.69 Å². The molecule has 2 rings (SSSR count). The van der Waals surface area contributed by atoms with Crippen molar-refractivity contribution in [3.05, 3.63) is 51.1 Å². The zero-order valence-corrected chi connectivity index (χ0v) is 11.9. The zero-order chi connectivity index (χ0) is 15.4. The number of nitrogens with one attached hydrogen (secondary N) is 1. The normalized spacial score (nSPS) is 10.4. The molecule has 2 aromatic heterocycles. The minimum atomic E-state index is -0.672. The van der Waals surface area contributed by atoms with Gasteiger partial charge < -0.3 is 5.32 Å². The van der Waals surface area contributed by atoms with Crippen LogP contribution in [0.1, 0.15) is 15.9 Å². The fraction of sp³-hybridized carbons (Fsp3) is 0.250. The Hall–Kier alpha value is -2.48. The number of rotatable bonds is 5. The highest BCUT2D eigenvalue weighted by Gasteiger charge is 2.21. The van der Waals surface area contributed by atoms with Gasteiger partial charge in [-0.05, 0) is 18.6 Å². The lowest BCUT2D eigenvalue weighted by molar-refractivity contribution is -0.385. The molecule has 21 heavy (non-hydrogen) atoms. The van der Waals surface area contributed by atoms with Crippen molar-refractivity contribution >= 4 is 23.2 Å². The summed E-state index contributed by atoms with van der Waals surface area (Å²) in [4.78, 5) is 25.8. The van der Waals surface area contributed by atoms with E-state index in [0.29, 0.717) is 6.54 Å². The van der Waals surface area contributed by atoms with E-state index in [9.17, 15) is 14.9 Å². The van der Waals surface area contributed by atoms with E-state index in [4.69, 9.17) is 11.6 Å². The van der Waals surface area contributed by atoms with E-state index in [1.807, 2.05) is 13.1 Å². The Morgan fingerprint density at radius 1 is 1.52 bits per heavy atom. The van der Waals surface area contributed by atoms with Crippen molar-refractivity contribution in [2.75, 3.05) is 6.54 Å². The third-order valence-corrected chi connectivity index (χ3v) is 2.89. The van der Waals surface area contributed by atoms with Crippen molar-refractivity contribution < 1.29 is 9.72 Å². The molecule has 0 bridgehead atoms. The number of carbonyl (C=O) groups excluding carboxylic acids is 1. The maximum atomic E-state index is 12.0. The maximum absolute atomic E-state index is 12.0. The van der Waals surface area contributed by atoms with Crippen molar-refractivity contribution in [2.24, 2.45) is 0 Å². The summed E-state index contributed by atoms with van der Waals surface area (Å²) in [6.45, 7) is 2.66. The van der Waals surface area contributed by atoms with Crippen molar-refractivity contribution in [3.63, 3.8) is 0 Å². The molecule has 1 amide bonds. The predicted octanol–water partition coefficient (Wildman–Crippen LogP) is 1.58. The molecule has 0 spiro atoms. The summed E-state index contributed by atoms with van der Waals surface area (Å²) in [5.41, 5.74) is 0.515. The molecule has 0 saturated heterocycles. The van der Waals surface area contributed by atoms with Crippen LogP contribution in [0, 0.1) is 17.0 Å². The molecule has 8 nitrogen and oxygen atoms in total. The minimum Gasteiger partial charge on any atom is -0.350 e. The fourth-order valence-electron chi connectivity index (χ4n) is 1.72. The average Bonchev–Trinajstić information content (AvgIpc) is 2.84. The van der Waals surface area contributed by atoms with E-state index in [0.717, 1.165) is 11.8 Å². The summed E-state index contributed by atoms with van der Waals surface area (Å²) in [6.07, 6.45) is 4.50. The summed E-state index contributed by atoms with van der Waals surface area (Å²) >= 11 is 5.67. The van der Waals surface area contributed by atoms with E-state index < -0.39 is 10.8 Å². The van der Waals surface area contributed by atoms with Crippen LogP contribution in [0.5, 0.6) is 0 Å². The molecular weight excluding hydrogens is 298 g/mol. The molecule has 0 fully saturated rings. The summed E-state index contributed by atoms with van der Waals surface area (Å²) in [6, 6.07) is 1.17. The second-order valence-electron chi connectivity index (χ2n) is 4.32. The van der Waals surface area contributed by atoms with Crippen LogP contribution in [0.2, 0.25) is 5.15 Å². The van der Waals surface area contributed by atoms with E-state index in [1.165, 1.54) is 6.07 Å². The van der Waals surface area contributed by atoms with Crippen LogP contribution in [-0.4, -0.2) is 32.1 Å². The molecule has 1 N–H and O–H groups in total. The second kappa shape index (κ2) is 6.31. The van der Waals surface area contributed by atoms with Crippen LogP contribution in [-0.2, 0) is 6.54 Å². The smallest absolute Gasteiger partial charge is 0.300 e. The molecule has 9 heteroatoms. The molecule has 110 valence electrons. The van der Waals surface area contributed by atoms with Gasteiger partial charge in [-0.15, -0.1) is 0 Å². The molecular formula is C12H12ClN5O3. The number of amides is 1. The van der Waals surface area contributed by atoms with Gasteiger partial charge in [0.05, 0.1) is 17.7 Å². The molecule has 0 saturated carbocycles. The van der Waals surface area contributed by atoms with Crippen molar-refractivity contribution in [1.29, 1.82) is 0 Å². The monoisotopic (exact) mass is 309 g/mol. The highest BCUT2D eigenvalue weighted by molar-refractivity contribution is 6.29. The summed E-state index contributed by atoms with van der Waals surface area (Å²) in [7, 11) is 0. The third-order valence-electron chi connectivity index (χ3n) is 2.68. The standard InChI is InChI=1S/C12H12ClN5O3/c1-8-5-16-17(7-8)3-2-14-12(19)9-4-11(13)15-6-10(9)18(20)21/h4-7H,2-3H2,1H3,(H,14,19). The first kappa shape index (κ1) is 14.9. The molecule has 2 aromatic rings. The van der Waals surface area contributed by atoms with Gasteiger partial charge in [0.15, 0.2) is 0 Å². The maximum Gasteiger partial charge on any atom is 0.300 e. The lowest BCUT2D eigenvalue weighted by atomic mass is 10.2. The van der Waals surface area contributed by atoms with Gasteiger partial charge in [-0.3, -0.25) is 19.6 Å². The Morgan fingerprint density at radius 3 is 2.90 bits per heavy atom. The van der Waals surface area contributed by atoms with Crippen molar-refractivity contribution in [2.45, 2.75) is 13.5 Å². The SMILES string of the molecule is Cc1cnn(CCNC(=O)c2cc(Cl)ncc2[N+](=O)[O-])c1. The summed E-state index contributed by atoms with van der Waals surface area (Å²) in [5.74, 6) is -0.574. The molecule has 0 unspecified atom stereocenters. The summed E-state index contributed by atoms with van der Waals surface area (Å²) in [5, 5.41) is 17.5. The Bertz CT molecular complexity index is 685. The van der Waals surface area contributed by atoms with E-state index >= 15 is 0 Å².